The maximum atomic E-state index is 12.7. The molecule has 3 rings (SSSR count). The number of hydrogen-bond donors (Lipinski definition) is 2. The number of allylic oxidation sites excluding steroid dienone is 1. The van der Waals surface area contributed by atoms with Crippen molar-refractivity contribution in [3.63, 3.8) is 0 Å². The van der Waals surface area contributed by atoms with E-state index in [1.54, 1.807) is 19.2 Å². The number of carbonyl (C=O) groups is 2. The number of ketones is 1. The van der Waals surface area contributed by atoms with Gasteiger partial charge in [-0.3, -0.25) is 14.9 Å². The number of Topliss-reactive ketones (excluding diaryl/α,β-unsaturated/α-hetero) is 1. The molecule has 1 aromatic carbocycles. The number of benzene rings is 1. The maximum absolute atomic E-state index is 12.7. The van der Waals surface area contributed by atoms with E-state index < -0.39 is 17.8 Å². The topological polar surface area (TPSA) is 95.9 Å². The largest absolute Gasteiger partial charge is 0.483 e. The Balaban J connectivity index is 1.83. The molecule has 0 fully saturated rings. The van der Waals surface area contributed by atoms with Crippen molar-refractivity contribution in [3.05, 3.63) is 63.4 Å². The molecule has 1 unspecified atom stereocenters. The zero-order valence-electron chi connectivity index (χ0n) is 16.6. The van der Waals surface area contributed by atoms with Crippen LogP contribution >= 0.6 is 12.6 Å². The number of alkyl carbamates (subject to hydrolysis) is 1. The number of pyridine rings is 1. The van der Waals surface area contributed by atoms with Crippen LogP contribution in [0, 0.1) is 0 Å². The molecule has 1 aromatic heterocycles. The van der Waals surface area contributed by atoms with E-state index in [2.05, 4.69) is 24.5 Å². The summed E-state index contributed by atoms with van der Waals surface area (Å²) in [7, 11) is 3.12. The van der Waals surface area contributed by atoms with E-state index in [9.17, 15) is 14.4 Å². The molecule has 1 aliphatic rings. The first-order valence-electron chi connectivity index (χ1n) is 9.17. The monoisotopic (exact) mass is 430 g/mol. The molecule has 2 aromatic rings. The summed E-state index contributed by atoms with van der Waals surface area (Å²) in [5, 5.41) is 3.11. The fourth-order valence-corrected chi connectivity index (χ4v) is 3.45. The predicted molar refractivity (Wildman–Crippen MR) is 115 cm³/mol. The Morgan fingerprint density at radius 3 is 2.83 bits per heavy atom. The number of carbonyl (C=O) groups excluding carboxylic acids is 2. The van der Waals surface area contributed by atoms with Gasteiger partial charge in [-0.1, -0.05) is 18.7 Å². The Morgan fingerprint density at radius 2 is 2.10 bits per heavy atom. The summed E-state index contributed by atoms with van der Waals surface area (Å²) in [5.74, 6) is -0.0856. The Labute approximate surface area is 178 Å². The van der Waals surface area contributed by atoms with Crippen LogP contribution in [-0.2, 0) is 16.5 Å². The number of nitrogens with zero attached hydrogens (tertiary/aromatic N) is 1. The highest BCUT2D eigenvalue weighted by Crippen LogP contribution is 2.35. The molecule has 1 N–H and O–H groups in total. The number of aryl methyl sites for hydroxylation is 1. The molecular formula is C21H22N2O6S. The number of ether oxygens (including phenoxy) is 3. The van der Waals surface area contributed by atoms with Crippen molar-refractivity contribution < 1.29 is 23.8 Å². The lowest BCUT2D eigenvalue weighted by Gasteiger charge is -2.27. The lowest BCUT2D eigenvalue weighted by molar-refractivity contribution is 0.0889. The Kier molecular flexibility index (Phi) is 6.63. The molecule has 1 aliphatic heterocycles. The van der Waals surface area contributed by atoms with Crippen LogP contribution in [0.1, 0.15) is 16.8 Å². The molecule has 0 radical (unpaired) electrons. The number of thiol groups is 1. The van der Waals surface area contributed by atoms with Gasteiger partial charge in [0.05, 0.1) is 18.5 Å². The molecule has 0 saturated heterocycles. The van der Waals surface area contributed by atoms with Crippen LogP contribution in [0.4, 0.5) is 4.79 Å². The number of aromatic nitrogens is 1. The van der Waals surface area contributed by atoms with Crippen LogP contribution < -0.4 is 15.6 Å². The van der Waals surface area contributed by atoms with Gasteiger partial charge in [-0.15, -0.1) is 12.6 Å². The van der Waals surface area contributed by atoms with Gasteiger partial charge in [0, 0.05) is 30.1 Å². The van der Waals surface area contributed by atoms with Gasteiger partial charge in [0.2, 0.25) is 0 Å². The SMILES string of the molecule is C=C(/C=C(\S)C1CC(=O)c2c(c3ccccc3n(C)c2=O)O1)NC(=O)OCCOC. The quantitative estimate of drug-likeness (QED) is 0.416. The normalized spacial score (nSPS) is 16.0. The van der Waals surface area contributed by atoms with Crippen molar-refractivity contribution in [1.29, 1.82) is 0 Å². The van der Waals surface area contributed by atoms with Gasteiger partial charge in [0.25, 0.3) is 5.56 Å². The lowest BCUT2D eigenvalue weighted by atomic mass is 9.98. The number of hydrogen-bond acceptors (Lipinski definition) is 7. The maximum Gasteiger partial charge on any atom is 0.411 e. The van der Waals surface area contributed by atoms with Crippen molar-refractivity contribution in [1.82, 2.24) is 9.88 Å². The summed E-state index contributed by atoms with van der Waals surface area (Å²) in [6.45, 7) is 4.11. The van der Waals surface area contributed by atoms with Crippen molar-refractivity contribution in [2.24, 2.45) is 7.05 Å². The second-order valence-corrected chi connectivity index (χ2v) is 7.18. The first-order valence-corrected chi connectivity index (χ1v) is 9.62. The molecule has 1 atom stereocenters. The Morgan fingerprint density at radius 1 is 1.37 bits per heavy atom. The van der Waals surface area contributed by atoms with Crippen molar-refractivity contribution in [2.45, 2.75) is 12.5 Å². The van der Waals surface area contributed by atoms with E-state index in [4.69, 9.17) is 14.2 Å². The van der Waals surface area contributed by atoms with Crippen molar-refractivity contribution >= 4 is 35.4 Å². The summed E-state index contributed by atoms with van der Waals surface area (Å²) in [6.07, 6.45) is 0.0239. The van der Waals surface area contributed by atoms with Crippen LogP contribution in [0.2, 0.25) is 0 Å². The first kappa shape index (κ1) is 21.7. The third-order valence-electron chi connectivity index (χ3n) is 4.60. The zero-order chi connectivity index (χ0) is 21.8. The summed E-state index contributed by atoms with van der Waals surface area (Å²) in [6, 6.07) is 7.19. The second kappa shape index (κ2) is 9.19. The highest BCUT2D eigenvalue weighted by Gasteiger charge is 2.32. The van der Waals surface area contributed by atoms with Crippen LogP contribution in [-0.4, -0.2) is 42.9 Å². The zero-order valence-corrected chi connectivity index (χ0v) is 17.5. The van der Waals surface area contributed by atoms with Crippen LogP contribution in [0.15, 0.2) is 52.3 Å². The molecule has 0 aliphatic carbocycles. The molecule has 1 amide bonds. The van der Waals surface area contributed by atoms with E-state index in [0.717, 1.165) is 0 Å². The number of fused-ring (bicyclic) bond motifs is 3. The highest BCUT2D eigenvalue weighted by molar-refractivity contribution is 7.84. The van der Waals surface area contributed by atoms with Gasteiger partial charge < -0.3 is 18.8 Å². The Hall–Kier alpha value is -3.04. The van der Waals surface area contributed by atoms with Gasteiger partial charge >= 0.3 is 6.09 Å². The molecule has 8 nitrogen and oxygen atoms in total. The minimum atomic E-state index is -0.716. The van der Waals surface area contributed by atoms with Crippen molar-refractivity contribution in [3.8, 4) is 5.75 Å². The minimum absolute atomic E-state index is 0.0345. The number of para-hydroxylation sites is 1. The van der Waals surface area contributed by atoms with E-state index in [-0.39, 0.29) is 42.4 Å². The number of amides is 1. The summed E-state index contributed by atoms with van der Waals surface area (Å²) < 4.78 is 17.2. The molecule has 9 heteroatoms. The third-order valence-corrected chi connectivity index (χ3v) is 5.02. The second-order valence-electron chi connectivity index (χ2n) is 6.67. The van der Waals surface area contributed by atoms with Gasteiger partial charge in [0.1, 0.15) is 24.0 Å². The standard InChI is InChI=1S/C21H22N2O6S/c1-12(22-21(26)28-9-8-27-3)10-17(30)16-11-15(24)18-19(29-16)13-6-4-5-7-14(13)23(2)20(18)25/h4-7,10,16,30H,1,8-9,11H2,2-3H3,(H,22,26)/b17-10-. The summed E-state index contributed by atoms with van der Waals surface area (Å²) in [4.78, 5) is 37.5. The molecule has 0 spiro atoms. The number of nitrogens with one attached hydrogen (secondary N) is 1. The lowest BCUT2D eigenvalue weighted by Crippen LogP contribution is -2.35. The molecule has 0 bridgehead atoms. The third kappa shape index (κ3) is 4.42. The summed E-state index contributed by atoms with van der Waals surface area (Å²) in [5.41, 5.74) is 0.511. The average Bonchev–Trinajstić information content (AvgIpc) is 2.71. The fraction of sp³-hybridized carbons (Fsp3) is 0.286. The Bertz CT molecular complexity index is 1100. The van der Waals surface area contributed by atoms with Crippen LogP contribution in [0.25, 0.3) is 10.9 Å². The van der Waals surface area contributed by atoms with Gasteiger partial charge in [0.15, 0.2) is 5.78 Å². The van der Waals surface area contributed by atoms with E-state index in [1.165, 1.54) is 17.8 Å². The smallest absolute Gasteiger partial charge is 0.411 e. The van der Waals surface area contributed by atoms with Gasteiger partial charge in [-0.05, 0) is 18.2 Å². The van der Waals surface area contributed by atoms with Gasteiger partial charge in [-0.25, -0.2) is 4.79 Å². The van der Waals surface area contributed by atoms with E-state index in [0.29, 0.717) is 15.8 Å². The number of rotatable bonds is 6. The molecule has 158 valence electrons. The van der Waals surface area contributed by atoms with E-state index >= 15 is 0 Å². The highest BCUT2D eigenvalue weighted by atomic mass is 32.1. The van der Waals surface area contributed by atoms with Crippen LogP contribution in [0.5, 0.6) is 5.75 Å². The van der Waals surface area contributed by atoms with E-state index in [1.807, 2.05) is 12.1 Å². The molecule has 2 heterocycles. The minimum Gasteiger partial charge on any atom is -0.483 e. The summed E-state index contributed by atoms with van der Waals surface area (Å²) >= 11 is 4.42. The van der Waals surface area contributed by atoms with Crippen molar-refractivity contribution in [2.75, 3.05) is 20.3 Å². The molecule has 0 saturated carbocycles. The molecule has 30 heavy (non-hydrogen) atoms. The number of methoxy groups -OCH3 is 1. The first-order chi connectivity index (χ1) is 14.3. The van der Waals surface area contributed by atoms with Gasteiger partial charge in [-0.2, -0.15) is 0 Å². The van der Waals surface area contributed by atoms with Crippen LogP contribution in [0.3, 0.4) is 0 Å². The fourth-order valence-electron chi connectivity index (χ4n) is 3.15. The molecular weight excluding hydrogens is 408 g/mol. The average molecular weight is 430 g/mol. The predicted octanol–water partition coefficient (Wildman–Crippen LogP) is 2.57.